The highest BCUT2D eigenvalue weighted by molar-refractivity contribution is 7.11. The first-order valence-corrected chi connectivity index (χ1v) is 7.85. The van der Waals surface area contributed by atoms with E-state index in [1.54, 1.807) is 0 Å². The summed E-state index contributed by atoms with van der Waals surface area (Å²) in [4.78, 5) is 0. The van der Waals surface area contributed by atoms with Gasteiger partial charge in [0.1, 0.15) is 5.00 Å². The molecule has 1 heterocycles. The molecule has 1 saturated carbocycles. The molecule has 4 heteroatoms. The molecule has 1 aromatic carbocycles. The van der Waals surface area contributed by atoms with Crippen molar-refractivity contribution in [2.24, 2.45) is 0 Å². The van der Waals surface area contributed by atoms with E-state index in [1.807, 2.05) is 18.2 Å². The largest absolute Gasteiger partial charge is 0.388 e. The quantitative estimate of drug-likeness (QED) is 0.838. The van der Waals surface area contributed by atoms with E-state index >= 15 is 0 Å². The minimum atomic E-state index is -0.540. The first kappa shape index (κ1) is 12.9. The zero-order valence-corrected chi connectivity index (χ0v) is 11.9. The number of aliphatic hydroxyl groups is 1. The molecule has 102 valence electrons. The summed E-state index contributed by atoms with van der Waals surface area (Å²) in [7, 11) is 0. The summed E-state index contributed by atoms with van der Waals surface area (Å²) >= 11 is 1.48. The van der Waals surface area contributed by atoms with Crippen molar-refractivity contribution in [3.05, 3.63) is 24.3 Å². The highest BCUT2D eigenvalue weighted by atomic mass is 32.1. The van der Waals surface area contributed by atoms with Crippen molar-refractivity contribution in [1.29, 1.82) is 0 Å². The van der Waals surface area contributed by atoms with E-state index in [0.29, 0.717) is 6.54 Å². The molecule has 0 bridgehead atoms. The number of anilines is 1. The SMILES string of the molecule is OC1(CNc2snc3ccccc23)CCCCCC1. The van der Waals surface area contributed by atoms with E-state index in [2.05, 4.69) is 15.8 Å². The Labute approximate surface area is 117 Å². The van der Waals surface area contributed by atoms with Crippen molar-refractivity contribution in [2.75, 3.05) is 11.9 Å². The van der Waals surface area contributed by atoms with Crippen molar-refractivity contribution < 1.29 is 5.11 Å². The Bertz CT molecular complexity index is 544. The van der Waals surface area contributed by atoms with Gasteiger partial charge >= 0.3 is 0 Å². The lowest BCUT2D eigenvalue weighted by Crippen LogP contribution is -2.36. The summed E-state index contributed by atoms with van der Waals surface area (Å²) in [6, 6.07) is 8.14. The maximum absolute atomic E-state index is 10.6. The van der Waals surface area contributed by atoms with Crippen LogP contribution in [-0.4, -0.2) is 21.6 Å². The van der Waals surface area contributed by atoms with E-state index in [9.17, 15) is 5.11 Å². The standard InChI is InChI=1S/C15H20N2OS/c18-15(9-5-1-2-6-10-15)11-16-14-12-7-3-4-8-13(12)17-19-14/h3-4,7-8,16,18H,1-2,5-6,9-11H2. The van der Waals surface area contributed by atoms with Gasteiger partial charge in [0.25, 0.3) is 0 Å². The molecule has 3 nitrogen and oxygen atoms in total. The Morgan fingerprint density at radius 2 is 1.89 bits per heavy atom. The molecule has 0 unspecified atom stereocenters. The van der Waals surface area contributed by atoms with Gasteiger partial charge in [-0.1, -0.05) is 37.8 Å². The molecule has 0 atom stereocenters. The second kappa shape index (κ2) is 5.47. The fourth-order valence-corrected chi connectivity index (χ4v) is 3.58. The summed E-state index contributed by atoms with van der Waals surface area (Å²) < 4.78 is 4.42. The molecular weight excluding hydrogens is 256 g/mol. The van der Waals surface area contributed by atoms with Crippen LogP contribution in [0.25, 0.3) is 10.9 Å². The van der Waals surface area contributed by atoms with Crippen molar-refractivity contribution in [1.82, 2.24) is 4.37 Å². The van der Waals surface area contributed by atoms with Crippen LogP contribution in [0.5, 0.6) is 0 Å². The number of fused-ring (bicyclic) bond motifs is 1. The molecule has 2 aromatic rings. The third-order valence-electron chi connectivity index (χ3n) is 4.00. The van der Waals surface area contributed by atoms with Crippen LogP contribution in [-0.2, 0) is 0 Å². The first-order chi connectivity index (χ1) is 9.27. The van der Waals surface area contributed by atoms with E-state index < -0.39 is 5.60 Å². The van der Waals surface area contributed by atoms with Crippen molar-refractivity contribution in [3.63, 3.8) is 0 Å². The molecule has 0 saturated heterocycles. The molecule has 1 aromatic heterocycles. The highest BCUT2D eigenvalue weighted by Gasteiger charge is 2.27. The van der Waals surface area contributed by atoms with Crippen molar-refractivity contribution >= 4 is 27.4 Å². The number of rotatable bonds is 3. The zero-order chi connectivity index (χ0) is 13.1. The third kappa shape index (κ3) is 2.90. The van der Waals surface area contributed by atoms with Gasteiger partial charge < -0.3 is 10.4 Å². The predicted octanol–water partition coefficient (Wildman–Crippen LogP) is 3.79. The molecule has 0 spiro atoms. The predicted molar refractivity (Wildman–Crippen MR) is 80.8 cm³/mol. The van der Waals surface area contributed by atoms with Crippen LogP contribution in [0.4, 0.5) is 5.00 Å². The topological polar surface area (TPSA) is 45.1 Å². The van der Waals surface area contributed by atoms with E-state index in [4.69, 9.17) is 0 Å². The van der Waals surface area contributed by atoms with E-state index in [0.717, 1.165) is 41.6 Å². The van der Waals surface area contributed by atoms with Crippen LogP contribution in [0.3, 0.4) is 0 Å². The van der Waals surface area contributed by atoms with Gasteiger partial charge in [-0.25, -0.2) is 0 Å². The molecule has 3 rings (SSSR count). The Balaban J connectivity index is 1.71. The lowest BCUT2D eigenvalue weighted by atomic mass is 9.94. The van der Waals surface area contributed by atoms with E-state index in [-0.39, 0.29) is 0 Å². The summed E-state index contributed by atoms with van der Waals surface area (Å²) in [6.07, 6.45) is 6.62. The van der Waals surface area contributed by atoms with Gasteiger partial charge in [-0.3, -0.25) is 0 Å². The van der Waals surface area contributed by atoms with Gasteiger partial charge in [0.2, 0.25) is 0 Å². The highest BCUT2D eigenvalue weighted by Crippen LogP contribution is 2.31. The lowest BCUT2D eigenvalue weighted by molar-refractivity contribution is 0.0382. The maximum Gasteiger partial charge on any atom is 0.117 e. The first-order valence-electron chi connectivity index (χ1n) is 7.08. The van der Waals surface area contributed by atoms with Crippen LogP contribution in [0, 0.1) is 0 Å². The number of benzene rings is 1. The smallest absolute Gasteiger partial charge is 0.117 e. The summed E-state index contributed by atoms with van der Waals surface area (Å²) in [5.74, 6) is 0. The minimum absolute atomic E-state index is 0.540. The molecule has 1 aliphatic rings. The van der Waals surface area contributed by atoms with E-state index in [1.165, 1.54) is 24.4 Å². The Morgan fingerprint density at radius 3 is 2.68 bits per heavy atom. The number of hydrogen-bond acceptors (Lipinski definition) is 4. The third-order valence-corrected chi connectivity index (χ3v) is 4.83. The van der Waals surface area contributed by atoms with Gasteiger partial charge in [0.15, 0.2) is 0 Å². The van der Waals surface area contributed by atoms with Gasteiger partial charge in [-0.2, -0.15) is 4.37 Å². The minimum Gasteiger partial charge on any atom is -0.388 e. The second-order valence-corrected chi connectivity index (χ2v) is 6.29. The molecule has 0 radical (unpaired) electrons. The van der Waals surface area contributed by atoms with Crippen LogP contribution in [0.1, 0.15) is 38.5 Å². The van der Waals surface area contributed by atoms with Crippen LogP contribution in [0.15, 0.2) is 24.3 Å². The van der Waals surface area contributed by atoms with Gasteiger partial charge in [0, 0.05) is 11.9 Å². The summed E-state index contributed by atoms with van der Waals surface area (Å²) in [5.41, 5.74) is 0.490. The van der Waals surface area contributed by atoms with Gasteiger partial charge in [-0.05, 0) is 36.5 Å². The van der Waals surface area contributed by atoms with Crippen LogP contribution < -0.4 is 5.32 Å². The van der Waals surface area contributed by atoms with Gasteiger partial charge in [-0.15, -0.1) is 0 Å². The fraction of sp³-hybridized carbons (Fsp3) is 0.533. The molecule has 1 aliphatic carbocycles. The molecule has 1 fully saturated rings. The summed E-state index contributed by atoms with van der Waals surface area (Å²) in [5, 5.41) is 16.3. The maximum atomic E-state index is 10.6. The second-order valence-electron chi connectivity index (χ2n) is 5.52. The number of aromatic nitrogens is 1. The Morgan fingerprint density at radius 1 is 1.16 bits per heavy atom. The zero-order valence-electron chi connectivity index (χ0n) is 11.1. The molecule has 19 heavy (non-hydrogen) atoms. The molecular formula is C15H20N2OS. The molecule has 0 amide bonds. The summed E-state index contributed by atoms with van der Waals surface area (Å²) in [6.45, 7) is 0.638. The number of nitrogens with zero attached hydrogens (tertiary/aromatic N) is 1. The number of nitrogens with one attached hydrogen (secondary N) is 1. The van der Waals surface area contributed by atoms with Crippen LogP contribution in [0.2, 0.25) is 0 Å². The molecule has 0 aliphatic heterocycles. The average Bonchev–Trinajstić information content (AvgIpc) is 2.72. The number of hydrogen-bond donors (Lipinski definition) is 2. The lowest BCUT2D eigenvalue weighted by Gasteiger charge is -2.26. The average molecular weight is 276 g/mol. The monoisotopic (exact) mass is 276 g/mol. The Kier molecular flexibility index (Phi) is 3.71. The van der Waals surface area contributed by atoms with Crippen LogP contribution >= 0.6 is 11.5 Å². The van der Waals surface area contributed by atoms with Crippen molar-refractivity contribution in [3.8, 4) is 0 Å². The fourth-order valence-electron chi connectivity index (χ4n) is 2.82. The Hall–Kier alpha value is -1.13. The molecule has 2 N–H and O–H groups in total. The normalized spacial score (nSPS) is 19.2. The van der Waals surface area contributed by atoms with Crippen molar-refractivity contribution in [2.45, 2.75) is 44.1 Å². The van der Waals surface area contributed by atoms with Gasteiger partial charge in [0.05, 0.1) is 11.1 Å².